The molecule has 0 spiro atoms. The topological polar surface area (TPSA) is 107 Å². The van der Waals surface area contributed by atoms with Crippen LogP contribution in [0.5, 0.6) is 28.7 Å². The number of benzene rings is 3. The Morgan fingerprint density at radius 2 is 1.74 bits per heavy atom. The molecule has 2 heterocycles. The van der Waals surface area contributed by atoms with E-state index in [1.807, 2.05) is 0 Å². The zero-order valence-electron chi connectivity index (χ0n) is 20.9. The molecular weight excluding hydrogens is 492 g/mol. The Bertz CT molecular complexity index is 1470. The van der Waals surface area contributed by atoms with Gasteiger partial charge < -0.3 is 28.4 Å². The van der Waals surface area contributed by atoms with Gasteiger partial charge in [-0.1, -0.05) is 30.3 Å². The van der Waals surface area contributed by atoms with E-state index in [2.05, 4.69) is 4.74 Å². The van der Waals surface area contributed by atoms with Gasteiger partial charge in [0.2, 0.25) is 5.78 Å². The number of ether oxygens (including phenoxy) is 6. The molecule has 0 saturated carbocycles. The van der Waals surface area contributed by atoms with E-state index in [4.69, 9.17) is 23.7 Å². The number of esters is 2. The molecule has 0 amide bonds. The van der Waals surface area contributed by atoms with E-state index in [9.17, 15) is 14.4 Å². The van der Waals surface area contributed by atoms with E-state index in [0.717, 1.165) is 0 Å². The average Bonchev–Trinajstić information content (AvgIpc) is 3.25. The summed E-state index contributed by atoms with van der Waals surface area (Å²) in [5.74, 6) is 0.215. The molecule has 3 aromatic rings. The van der Waals surface area contributed by atoms with Gasteiger partial charge in [-0.15, -0.1) is 0 Å². The SMILES string of the molecule is COC(=O)COc1ccccc1C1CC(=O)Oc2ccc3c(c21)O/C(=C\c1cccc(OC)c1OC)C3=O. The lowest BCUT2D eigenvalue weighted by Crippen LogP contribution is -2.22. The minimum Gasteiger partial charge on any atom is -0.493 e. The predicted octanol–water partition coefficient (Wildman–Crippen LogP) is 4.31. The first-order chi connectivity index (χ1) is 18.4. The number of hydrogen-bond donors (Lipinski definition) is 0. The quantitative estimate of drug-likeness (QED) is 0.258. The molecule has 38 heavy (non-hydrogen) atoms. The number of allylic oxidation sites excluding steroid dienone is 1. The number of para-hydroxylation sites is 2. The van der Waals surface area contributed by atoms with Gasteiger partial charge in [-0.25, -0.2) is 4.79 Å². The molecule has 1 unspecified atom stereocenters. The summed E-state index contributed by atoms with van der Waals surface area (Å²) in [7, 11) is 4.32. The lowest BCUT2D eigenvalue weighted by Gasteiger charge is -2.27. The van der Waals surface area contributed by atoms with Gasteiger partial charge >= 0.3 is 11.9 Å². The van der Waals surface area contributed by atoms with E-state index < -0.39 is 17.9 Å². The van der Waals surface area contributed by atoms with Crippen LogP contribution in [0.2, 0.25) is 0 Å². The van der Waals surface area contributed by atoms with Crippen molar-refractivity contribution in [3.05, 3.63) is 82.6 Å². The van der Waals surface area contributed by atoms with Gasteiger partial charge in [0.25, 0.3) is 0 Å². The molecule has 0 N–H and O–H groups in total. The molecule has 0 saturated heterocycles. The van der Waals surface area contributed by atoms with Crippen molar-refractivity contribution in [3.63, 3.8) is 0 Å². The smallest absolute Gasteiger partial charge is 0.343 e. The molecule has 2 aliphatic heterocycles. The summed E-state index contributed by atoms with van der Waals surface area (Å²) in [5, 5.41) is 0. The Balaban J connectivity index is 1.58. The van der Waals surface area contributed by atoms with Crippen molar-refractivity contribution in [1.29, 1.82) is 0 Å². The number of Topliss-reactive ketones (excluding diaryl/α,β-unsaturated/α-hetero) is 1. The number of fused-ring (bicyclic) bond motifs is 3. The molecular formula is C29H24O9. The Kier molecular flexibility index (Phi) is 6.74. The molecule has 2 aliphatic rings. The molecule has 0 fully saturated rings. The van der Waals surface area contributed by atoms with Gasteiger partial charge in [0, 0.05) is 22.6 Å². The van der Waals surface area contributed by atoms with Crippen LogP contribution in [-0.2, 0) is 14.3 Å². The van der Waals surface area contributed by atoms with Crippen LogP contribution in [0.4, 0.5) is 0 Å². The highest BCUT2D eigenvalue weighted by molar-refractivity contribution is 6.15. The highest BCUT2D eigenvalue weighted by atomic mass is 16.6. The van der Waals surface area contributed by atoms with Crippen molar-refractivity contribution in [2.75, 3.05) is 27.9 Å². The number of carbonyl (C=O) groups is 3. The molecule has 1 atom stereocenters. The van der Waals surface area contributed by atoms with Gasteiger partial charge in [0.1, 0.15) is 17.2 Å². The molecule has 3 aromatic carbocycles. The second-order valence-electron chi connectivity index (χ2n) is 8.51. The third-order valence-electron chi connectivity index (χ3n) is 6.37. The Hall–Kier alpha value is -4.79. The molecule has 194 valence electrons. The van der Waals surface area contributed by atoms with Crippen molar-refractivity contribution >= 4 is 23.8 Å². The van der Waals surface area contributed by atoms with Crippen molar-refractivity contribution in [2.45, 2.75) is 12.3 Å². The van der Waals surface area contributed by atoms with Crippen LogP contribution in [0.1, 0.15) is 39.4 Å². The van der Waals surface area contributed by atoms with Gasteiger partial charge in [-0.3, -0.25) is 9.59 Å². The van der Waals surface area contributed by atoms with Crippen LogP contribution < -0.4 is 23.7 Å². The van der Waals surface area contributed by atoms with E-state index in [1.54, 1.807) is 60.7 Å². The number of hydrogen-bond acceptors (Lipinski definition) is 9. The second kappa shape index (κ2) is 10.3. The van der Waals surface area contributed by atoms with Crippen molar-refractivity contribution in [2.24, 2.45) is 0 Å². The lowest BCUT2D eigenvalue weighted by molar-refractivity contribution is -0.143. The standard InChI is InChI=1S/C29H24O9/c1-33-22-10-6-7-16(28(22)35-3)13-23-27(32)18-11-12-21-26(29(18)38-23)19(14-24(30)37-21)17-8-4-5-9-20(17)36-15-25(31)34-2/h4-13,19H,14-15H2,1-3H3/b23-13-. The van der Waals surface area contributed by atoms with Crippen molar-refractivity contribution < 1.29 is 42.8 Å². The molecule has 5 rings (SSSR count). The third-order valence-corrected chi connectivity index (χ3v) is 6.37. The molecule has 0 aromatic heterocycles. The Morgan fingerprint density at radius 3 is 2.50 bits per heavy atom. The summed E-state index contributed by atoms with van der Waals surface area (Å²) in [5.41, 5.74) is 2.13. The lowest BCUT2D eigenvalue weighted by atomic mass is 9.84. The third kappa shape index (κ3) is 4.43. The number of ketones is 1. The zero-order chi connectivity index (χ0) is 26.8. The Morgan fingerprint density at radius 1 is 0.947 bits per heavy atom. The molecule has 0 radical (unpaired) electrons. The van der Waals surface area contributed by atoms with Gasteiger partial charge in [0.05, 0.1) is 33.3 Å². The van der Waals surface area contributed by atoms with E-state index >= 15 is 0 Å². The number of carbonyl (C=O) groups excluding carboxylic acids is 3. The summed E-state index contributed by atoms with van der Waals surface area (Å²) in [4.78, 5) is 37.6. The van der Waals surface area contributed by atoms with Crippen LogP contribution in [0, 0.1) is 0 Å². The van der Waals surface area contributed by atoms with E-state index in [0.29, 0.717) is 51.0 Å². The second-order valence-corrected chi connectivity index (χ2v) is 8.51. The summed E-state index contributed by atoms with van der Waals surface area (Å²) in [6, 6.07) is 15.5. The minimum atomic E-state index is -0.548. The summed E-state index contributed by atoms with van der Waals surface area (Å²) in [6.07, 6.45) is 1.58. The van der Waals surface area contributed by atoms with E-state index in [1.165, 1.54) is 21.3 Å². The maximum Gasteiger partial charge on any atom is 0.343 e. The number of methoxy groups -OCH3 is 3. The summed E-state index contributed by atoms with van der Waals surface area (Å²) >= 11 is 0. The van der Waals surface area contributed by atoms with Crippen molar-refractivity contribution in [1.82, 2.24) is 0 Å². The normalized spacial score (nSPS) is 16.7. The highest BCUT2D eigenvalue weighted by Gasteiger charge is 2.39. The average molecular weight is 517 g/mol. The predicted molar refractivity (Wildman–Crippen MR) is 135 cm³/mol. The van der Waals surface area contributed by atoms with Gasteiger partial charge in [-0.05, 0) is 30.3 Å². The molecule has 9 heteroatoms. The monoisotopic (exact) mass is 516 g/mol. The molecule has 9 nitrogen and oxygen atoms in total. The summed E-state index contributed by atoms with van der Waals surface area (Å²) < 4.78 is 32.9. The fourth-order valence-electron chi connectivity index (χ4n) is 4.63. The largest absolute Gasteiger partial charge is 0.493 e. The van der Waals surface area contributed by atoms with E-state index in [-0.39, 0.29) is 24.6 Å². The first-order valence-electron chi connectivity index (χ1n) is 11.8. The Labute approximate surface area is 218 Å². The van der Waals surface area contributed by atoms with Crippen molar-refractivity contribution in [3.8, 4) is 28.7 Å². The number of rotatable bonds is 7. The van der Waals surface area contributed by atoms with Crippen LogP contribution in [0.3, 0.4) is 0 Å². The fourth-order valence-corrected chi connectivity index (χ4v) is 4.63. The highest BCUT2D eigenvalue weighted by Crippen LogP contribution is 2.50. The van der Waals surface area contributed by atoms with Crippen LogP contribution in [0.15, 0.2) is 60.4 Å². The minimum absolute atomic E-state index is 0.0116. The molecule has 0 aliphatic carbocycles. The maximum absolute atomic E-state index is 13.4. The van der Waals surface area contributed by atoms with Crippen LogP contribution in [-0.4, -0.2) is 45.7 Å². The fraction of sp³-hybridized carbons (Fsp3) is 0.207. The first kappa shape index (κ1) is 24.9. The van der Waals surface area contributed by atoms with Gasteiger partial charge in [-0.2, -0.15) is 0 Å². The zero-order valence-corrected chi connectivity index (χ0v) is 20.9. The first-order valence-corrected chi connectivity index (χ1v) is 11.8. The molecule has 0 bridgehead atoms. The van der Waals surface area contributed by atoms with Crippen LogP contribution in [0.25, 0.3) is 6.08 Å². The summed E-state index contributed by atoms with van der Waals surface area (Å²) in [6.45, 7) is -0.297. The van der Waals surface area contributed by atoms with Crippen LogP contribution >= 0.6 is 0 Å². The van der Waals surface area contributed by atoms with Gasteiger partial charge in [0.15, 0.2) is 23.9 Å². The maximum atomic E-state index is 13.4.